The molecule has 3 N–H and O–H groups in total. The molecule has 156 valence electrons. The largest absolute Gasteiger partial charge is 0.384 e. The van der Waals surface area contributed by atoms with Gasteiger partial charge in [-0.2, -0.15) is 0 Å². The van der Waals surface area contributed by atoms with Crippen LogP contribution in [0, 0.1) is 13.8 Å². The molecule has 0 radical (unpaired) electrons. The average molecular weight is 406 g/mol. The molecule has 3 aromatic rings. The monoisotopic (exact) mass is 406 g/mol. The van der Waals surface area contributed by atoms with Crippen LogP contribution in [0.15, 0.2) is 58.1 Å². The normalized spacial score (nSPS) is 10.8. The molecule has 7 nitrogen and oxygen atoms in total. The number of nitrogens with two attached hydrogens (primary N) is 1. The van der Waals surface area contributed by atoms with Gasteiger partial charge in [-0.3, -0.25) is 18.7 Å². The minimum Gasteiger partial charge on any atom is -0.384 e. The fourth-order valence-electron chi connectivity index (χ4n) is 3.38. The van der Waals surface area contributed by atoms with Crippen LogP contribution in [-0.2, 0) is 13.1 Å². The lowest BCUT2D eigenvalue weighted by molar-refractivity contribution is 0.100. The van der Waals surface area contributed by atoms with Crippen molar-refractivity contribution in [2.24, 2.45) is 0 Å². The predicted octanol–water partition coefficient (Wildman–Crippen LogP) is 2.57. The lowest BCUT2D eigenvalue weighted by atomic mass is 10.1. The Bertz CT molecular complexity index is 1190. The van der Waals surface area contributed by atoms with Crippen molar-refractivity contribution in [1.82, 2.24) is 9.13 Å². The molecule has 0 atom stereocenters. The summed E-state index contributed by atoms with van der Waals surface area (Å²) >= 11 is 0. The van der Waals surface area contributed by atoms with Crippen LogP contribution in [0.4, 0.5) is 11.5 Å². The third-order valence-corrected chi connectivity index (χ3v) is 5.29. The molecule has 0 saturated heterocycles. The van der Waals surface area contributed by atoms with E-state index in [2.05, 4.69) is 5.32 Å². The predicted molar refractivity (Wildman–Crippen MR) is 119 cm³/mol. The van der Waals surface area contributed by atoms with Crippen molar-refractivity contribution in [1.29, 1.82) is 0 Å². The van der Waals surface area contributed by atoms with Gasteiger partial charge in [0, 0.05) is 12.2 Å². The second kappa shape index (κ2) is 8.82. The fraction of sp³-hybridized carbons (Fsp3) is 0.261. The summed E-state index contributed by atoms with van der Waals surface area (Å²) < 4.78 is 2.33. The van der Waals surface area contributed by atoms with Gasteiger partial charge in [0.25, 0.3) is 5.56 Å². The summed E-state index contributed by atoms with van der Waals surface area (Å²) in [6.45, 7) is 5.86. The molecule has 30 heavy (non-hydrogen) atoms. The number of hydrogen-bond donors (Lipinski definition) is 2. The number of rotatable bonds is 7. The lowest BCUT2D eigenvalue weighted by Crippen LogP contribution is -2.44. The SMILES string of the molecule is CCn1c(=O)c(C(=O)CNc2cccc(C)c2C)c(N)n(Cc2ccccc2)c1=O. The number of nitrogen functional groups attached to an aromatic ring is 1. The molecule has 0 amide bonds. The van der Waals surface area contributed by atoms with Gasteiger partial charge in [0.15, 0.2) is 5.78 Å². The van der Waals surface area contributed by atoms with Crippen LogP contribution in [0.3, 0.4) is 0 Å². The molecular weight excluding hydrogens is 380 g/mol. The molecule has 0 aliphatic carbocycles. The molecule has 0 unspecified atom stereocenters. The van der Waals surface area contributed by atoms with Crippen LogP contribution < -0.4 is 22.3 Å². The van der Waals surface area contributed by atoms with E-state index in [1.807, 2.05) is 62.4 Å². The molecule has 0 bridgehead atoms. The van der Waals surface area contributed by atoms with Crippen LogP contribution in [-0.4, -0.2) is 21.5 Å². The van der Waals surface area contributed by atoms with Crippen LogP contribution in [0.1, 0.15) is 34.0 Å². The molecule has 1 aromatic heterocycles. The average Bonchev–Trinajstić information content (AvgIpc) is 2.73. The first-order valence-electron chi connectivity index (χ1n) is 9.85. The van der Waals surface area contributed by atoms with Gasteiger partial charge in [-0.05, 0) is 43.5 Å². The second-order valence-corrected chi connectivity index (χ2v) is 7.19. The molecule has 0 fully saturated rings. The van der Waals surface area contributed by atoms with E-state index < -0.39 is 17.0 Å². The first kappa shape index (κ1) is 21.1. The van der Waals surface area contributed by atoms with Crippen LogP contribution in [0.5, 0.6) is 0 Å². The lowest BCUT2D eigenvalue weighted by Gasteiger charge is -2.16. The van der Waals surface area contributed by atoms with Crippen LogP contribution >= 0.6 is 0 Å². The standard InChI is InChI=1S/C23H26N4O3/c1-4-26-22(29)20(19(28)13-25-18-12-8-9-15(2)16(18)3)21(24)27(23(26)30)14-17-10-6-5-7-11-17/h5-12,25H,4,13-14,24H2,1-3H3. The zero-order chi connectivity index (χ0) is 21.8. The quantitative estimate of drug-likeness (QED) is 0.588. The van der Waals surface area contributed by atoms with Crippen molar-refractivity contribution < 1.29 is 4.79 Å². The Balaban J connectivity index is 2.00. The van der Waals surface area contributed by atoms with E-state index in [4.69, 9.17) is 5.73 Å². The van der Waals surface area contributed by atoms with Crippen molar-refractivity contribution in [2.75, 3.05) is 17.6 Å². The minimum atomic E-state index is -0.655. The van der Waals surface area contributed by atoms with Gasteiger partial charge in [0.1, 0.15) is 11.4 Å². The number of aryl methyl sites for hydroxylation is 1. The van der Waals surface area contributed by atoms with Crippen molar-refractivity contribution >= 4 is 17.3 Å². The summed E-state index contributed by atoms with van der Waals surface area (Å²) in [5, 5.41) is 3.09. The summed E-state index contributed by atoms with van der Waals surface area (Å²) in [6.07, 6.45) is 0. The van der Waals surface area contributed by atoms with Crippen LogP contribution in [0.2, 0.25) is 0 Å². The maximum absolute atomic E-state index is 13.0. The zero-order valence-electron chi connectivity index (χ0n) is 17.4. The number of nitrogens with zero attached hydrogens (tertiary/aromatic N) is 2. The highest BCUT2D eigenvalue weighted by atomic mass is 16.2. The highest BCUT2D eigenvalue weighted by Gasteiger charge is 2.22. The molecular formula is C23H26N4O3. The fourth-order valence-corrected chi connectivity index (χ4v) is 3.38. The molecule has 1 heterocycles. The van der Waals surface area contributed by atoms with E-state index in [1.54, 1.807) is 6.92 Å². The smallest absolute Gasteiger partial charge is 0.332 e. The van der Waals surface area contributed by atoms with Gasteiger partial charge < -0.3 is 11.1 Å². The molecule has 0 spiro atoms. The first-order chi connectivity index (χ1) is 14.3. The highest BCUT2D eigenvalue weighted by molar-refractivity contribution is 6.02. The number of carbonyl (C=O) groups is 1. The third-order valence-electron chi connectivity index (χ3n) is 5.29. The van der Waals surface area contributed by atoms with Gasteiger partial charge >= 0.3 is 5.69 Å². The van der Waals surface area contributed by atoms with Gasteiger partial charge in [0.05, 0.1) is 13.1 Å². The Morgan fingerprint density at radius 3 is 2.37 bits per heavy atom. The number of hydrogen-bond acceptors (Lipinski definition) is 5. The van der Waals surface area contributed by atoms with Crippen molar-refractivity contribution in [3.05, 3.63) is 91.6 Å². The van der Waals surface area contributed by atoms with E-state index in [9.17, 15) is 14.4 Å². The van der Waals surface area contributed by atoms with Gasteiger partial charge in [0.2, 0.25) is 0 Å². The first-order valence-corrected chi connectivity index (χ1v) is 9.85. The zero-order valence-corrected chi connectivity index (χ0v) is 17.4. The maximum atomic E-state index is 13.0. The number of Topliss-reactive ketones (excluding diaryl/α,β-unsaturated/α-hetero) is 1. The van der Waals surface area contributed by atoms with Crippen molar-refractivity contribution in [2.45, 2.75) is 33.9 Å². The molecule has 0 aliphatic heterocycles. The minimum absolute atomic E-state index is 0.100. The number of ketones is 1. The number of aromatic nitrogens is 2. The van der Waals surface area contributed by atoms with E-state index in [0.29, 0.717) is 0 Å². The molecule has 3 rings (SSSR count). The number of benzene rings is 2. The van der Waals surface area contributed by atoms with Gasteiger partial charge in [-0.15, -0.1) is 0 Å². The Hall–Kier alpha value is -3.61. The number of nitrogens with one attached hydrogen (secondary N) is 1. The number of carbonyl (C=O) groups excluding carboxylic acids is 1. The van der Waals surface area contributed by atoms with Crippen LogP contribution in [0.25, 0.3) is 0 Å². The molecule has 2 aromatic carbocycles. The topological polar surface area (TPSA) is 99.1 Å². The summed E-state index contributed by atoms with van der Waals surface area (Å²) in [5.74, 6) is -0.561. The Morgan fingerprint density at radius 2 is 1.70 bits per heavy atom. The summed E-state index contributed by atoms with van der Waals surface area (Å²) in [6, 6.07) is 15.1. The summed E-state index contributed by atoms with van der Waals surface area (Å²) in [7, 11) is 0. The van der Waals surface area contributed by atoms with Gasteiger partial charge in [-0.25, -0.2) is 4.79 Å². The highest BCUT2D eigenvalue weighted by Crippen LogP contribution is 2.18. The second-order valence-electron chi connectivity index (χ2n) is 7.19. The molecule has 0 aliphatic rings. The Kier molecular flexibility index (Phi) is 6.20. The summed E-state index contributed by atoms with van der Waals surface area (Å²) in [4.78, 5) is 38.6. The maximum Gasteiger partial charge on any atom is 0.332 e. The van der Waals surface area contributed by atoms with E-state index in [-0.39, 0.29) is 31.0 Å². The van der Waals surface area contributed by atoms with E-state index in [0.717, 1.165) is 26.9 Å². The Morgan fingerprint density at radius 1 is 1.00 bits per heavy atom. The third kappa shape index (κ3) is 4.05. The van der Waals surface area contributed by atoms with E-state index >= 15 is 0 Å². The summed E-state index contributed by atoms with van der Waals surface area (Å²) in [5.41, 5.74) is 8.62. The molecule has 7 heteroatoms. The molecule has 0 saturated carbocycles. The van der Waals surface area contributed by atoms with E-state index in [1.165, 1.54) is 4.57 Å². The number of anilines is 2. The van der Waals surface area contributed by atoms with Crippen molar-refractivity contribution in [3.8, 4) is 0 Å². The van der Waals surface area contributed by atoms with Gasteiger partial charge in [-0.1, -0.05) is 42.5 Å². The Labute approximate surface area is 174 Å². The van der Waals surface area contributed by atoms with Crippen molar-refractivity contribution in [3.63, 3.8) is 0 Å².